The standard InChI is InChI=1S/C22H23F7OSi/c1-2-5-31-6-3-13(4-7-31)14-8-16(23)20(17(24)9-14)15-10-18(25)21(19(26)11-15)30-12-22(27,28)29/h8-11,13,31H,2-7,12H2,1H3. The summed E-state index contributed by atoms with van der Waals surface area (Å²) >= 11 is 0. The Kier molecular flexibility index (Phi) is 7.34. The van der Waals surface area contributed by atoms with Gasteiger partial charge in [0.1, 0.15) is 11.6 Å². The summed E-state index contributed by atoms with van der Waals surface area (Å²) in [7, 11) is -0.758. The molecule has 0 unspecified atom stereocenters. The number of hydrogen-bond donors (Lipinski definition) is 0. The molecule has 1 nitrogen and oxygen atoms in total. The van der Waals surface area contributed by atoms with Crippen molar-refractivity contribution >= 4 is 8.80 Å². The van der Waals surface area contributed by atoms with E-state index < -0.39 is 61.7 Å². The first-order chi connectivity index (χ1) is 14.6. The summed E-state index contributed by atoms with van der Waals surface area (Å²) in [4.78, 5) is 0. The molecule has 0 N–H and O–H groups in total. The normalized spacial score (nSPS) is 19.5. The van der Waals surface area contributed by atoms with E-state index in [0.717, 1.165) is 31.4 Å². The van der Waals surface area contributed by atoms with Gasteiger partial charge in [-0.1, -0.05) is 31.5 Å². The Labute approximate surface area is 177 Å². The molecule has 31 heavy (non-hydrogen) atoms. The van der Waals surface area contributed by atoms with Crippen LogP contribution in [0.2, 0.25) is 18.1 Å². The summed E-state index contributed by atoms with van der Waals surface area (Å²) in [6.07, 6.45) is -1.87. The predicted molar refractivity (Wildman–Crippen MR) is 107 cm³/mol. The van der Waals surface area contributed by atoms with Gasteiger partial charge in [-0.15, -0.1) is 0 Å². The van der Waals surface area contributed by atoms with Crippen molar-refractivity contribution in [1.82, 2.24) is 0 Å². The van der Waals surface area contributed by atoms with E-state index >= 15 is 0 Å². The highest BCUT2D eigenvalue weighted by Gasteiger charge is 2.30. The van der Waals surface area contributed by atoms with Crippen molar-refractivity contribution in [3.05, 3.63) is 53.1 Å². The molecule has 2 aromatic carbocycles. The Morgan fingerprint density at radius 3 is 1.94 bits per heavy atom. The smallest absolute Gasteiger partial charge is 0.422 e. The van der Waals surface area contributed by atoms with Crippen LogP contribution in [0.25, 0.3) is 11.1 Å². The number of ether oxygens (including phenoxy) is 1. The van der Waals surface area contributed by atoms with Gasteiger partial charge < -0.3 is 4.74 Å². The molecule has 170 valence electrons. The molecule has 0 aromatic heterocycles. The van der Waals surface area contributed by atoms with Gasteiger partial charge in [-0.2, -0.15) is 13.2 Å². The fraction of sp³-hybridized carbons (Fsp3) is 0.455. The van der Waals surface area contributed by atoms with E-state index in [0.29, 0.717) is 17.7 Å². The molecule has 0 aliphatic carbocycles. The van der Waals surface area contributed by atoms with E-state index in [2.05, 4.69) is 11.7 Å². The zero-order valence-corrected chi connectivity index (χ0v) is 18.1. The van der Waals surface area contributed by atoms with Gasteiger partial charge in [0.25, 0.3) is 0 Å². The molecule has 1 aliphatic rings. The summed E-state index contributed by atoms with van der Waals surface area (Å²) in [5.41, 5.74) is -0.554. The third-order valence-corrected chi connectivity index (χ3v) is 9.44. The summed E-state index contributed by atoms with van der Waals surface area (Å²) in [6, 6.07) is 7.03. The molecule has 3 rings (SSSR count). The van der Waals surface area contributed by atoms with E-state index in [-0.39, 0.29) is 5.92 Å². The molecule has 0 amide bonds. The van der Waals surface area contributed by atoms with E-state index in [1.165, 1.54) is 18.2 Å². The van der Waals surface area contributed by atoms with Gasteiger partial charge >= 0.3 is 6.18 Å². The van der Waals surface area contributed by atoms with Crippen LogP contribution in [0.4, 0.5) is 30.7 Å². The van der Waals surface area contributed by atoms with Crippen molar-refractivity contribution < 1.29 is 35.5 Å². The van der Waals surface area contributed by atoms with Gasteiger partial charge in [-0.25, -0.2) is 17.6 Å². The van der Waals surface area contributed by atoms with Gasteiger partial charge in [-0.3, -0.25) is 0 Å². The van der Waals surface area contributed by atoms with Crippen molar-refractivity contribution in [2.24, 2.45) is 0 Å². The SMILES string of the molecule is CCC[SiH]1CCC(c2cc(F)c(-c3cc(F)c(OCC(F)(F)F)c(F)c3)c(F)c2)CC1. The first-order valence-electron chi connectivity index (χ1n) is 10.3. The van der Waals surface area contributed by atoms with Crippen LogP contribution in [0.5, 0.6) is 5.75 Å². The lowest BCUT2D eigenvalue weighted by Gasteiger charge is -2.28. The summed E-state index contributed by atoms with van der Waals surface area (Å²) in [5, 5.41) is 0. The minimum absolute atomic E-state index is 0.0465. The lowest BCUT2D eigenvalue weighted by Crippen LogP contribution is -2.20. The van der Waals surface area contributed by atoms with Gasteiger partial charge in [0.2, 0.25) is 0 Å². The third kappa shape index (κ3) is 5.81. The number of rotatable bonds is 6. The van der Waals surface area contributed by atoms with Gasteiger partial charge in [-0.05, 0) is 54.2 Å². The molecule has 0 saturated carbocycles. The maximum absolute atomic E-state index is 14.8. The van der Waals surface area contributed by atoms with Gasteiger partial charge in [0.05, 0.1) is 5.56 Å². The van der Waals surface area contributed by atoms with Crippen molar-refractivity contribution in [2.75, 3.05) is 6.61 Å². The zero-order valence-electron chi connectivity index (χ0n) is 17.0. The monoisotopic (exact) mass is 464 g/mol. The molecule has 0 atom stereocenters. The van der Waals surface area contributed by atoms with Crippen molar-refractivity contribution in [3.63, 3.8) is 0 Å². The number of hydrogen-bond acceptors (Lipinski definition) is 1. The topological polar surface area (TPSA) is 9.23 Å². The summed E-state index contributed by atoms with van der Waals surface area (Å²) in [5.74, 6) is -6.07. The van der Waals surface area contributed by atoms with Crippen LogP contribution in [0, 0.1) is 23.3 Å². The lowest BCUT2D eigenvalue weighted by molar-refractivity contribution is -0.154. The third-order valence-electron chi connectivity index (χ3n) is 5.75. The highest BCUT2D eigenvalue weighted by Crippen LogP contribution is 2.38. The average Bonchev–Trinajstić information content (AvgIpc) is 2.67. The minimum Gasteiger partial charge on any atom is -0.478 e. The molecule has 1 fully saturated rings. The first-order valence-corrected chi connectivity index (χ1v) is 12.7. The van der Waals surface area contributed by atoms with E-state index in [4.69, 9.17) is 0 Å². The van der Waals surface area contributed by atoms with Gasteiger partial charge in [0.15, 0.2) is 24.0 Å². The summed E-state index contributed by atoms with van der Waals surface area (Å²) < 4.78 is 98.7. The van der Waals surface area contributed by atoms with E-state index in [9.17, 15) is 30.7 Å². The first kappa shape index (κ1) is 23.6. The molecule has 1 heterocycles. The summed E-state index contributed by atoms with van der Waals surface area (Å²) in [6.45, 7) is 0.268. The number of halogens is 7. The maximum atomic E-state index is 14.8. The average molecular weight is 464 g/mol. The second-order valence-corrected chi connectivity index (χ2v) is 11.5. The Hall–Kier alpha value is -2.03. The number of benzene rings is 2. The number of alkyl halides is 3. The highest BCUT2D eigenvalue weighted by molar-refractivity contribution is 6.59. The van der Waals surface area contributed by atoms with Gasteiger partial charge in [0, 0.05) is 8.80 Å². The largest absolute Gasteiger partial charge is 0.478 e. The Bertz CT molecular complexity index is 875. The van der Waals surface area contributed by atoms with Crippen LogP contribution in [0.15, 0.2) is 24.3 Å². The Balaban J connectivity index is 1.84. The van der Waals surface area contributed by atoms with E-state index in [1.807, 2.05) is 0 Å². The molecular formula is C22H23F7OSi. The van der Waals surface area contributed by atoms with Crippen LogP contribution >= 0.6 is 0 Å². The van der Waals surface area contributed by atoms with Crippen molar-refractivity contribution in [3.8, 4) is 16.9 Å². The van der Waals surface area contributed by atoms with Crippen molar-refractivity contribution in [1.29, 1.82) is 0 Å². The minimum atomic E-state index is -4.79. The highest BCUT2D eigenvalue weighted by atomic mass is 28.3. The molecule has 9 heteroatoms. The van der Waals surface area contributed by atoms with Crippen molar-refractivity contribution in [2.45, 2.75) is 56.4 Å². The quantitative estimate of drug-likeness (QED) is 0.320. The molecule has 2 aromatic rings. The molecular weight excluding hydrogens is 441 g/mol. The predicted octanol–water partition coefficient (Wildman–Crippen LogP) is 7.37. The van der Waals surface area contributed by atoms with Crippen LogP contribution < -0.4 is 4.74 Å². The second-order valence-electron chi connectivity index (χ2n) is 8.04. The Morgan fingerprint density at radius 2 is 1.45 bits per heavy atom. The van der Waals surface area contributed by atoms with E-state index in [1.54, 1.807) is 0 Å². The van der Waals surface area contributed by atoms with Crippen LogP contribution in [0.1, 0.15) is 37.7 Å². The molecule has 0 spiro atoms. The fourth-order valence-electron chi connectivity index (χ4n) is 4.29. The van der Waals surface area contributed by atoms with Crippen LogP contribution in [-0.4, -0.2) is 21.6 Å². The molecule has 0 bridgehead atoms. The van der Waals surface area contributed by atoms with Crippen LogP contribution in [-0.2, 0) is 0 Å². The fourth-order valence-corrected chi connectivity index (χ4v) is 7.72. The molecule has 1 aliphatic heterocycles. The Morgan fingerprint density at radius 1 is 0.903 bits per heavy atom. The zero-order chi connectivity index (χ0) is 22.8. The molecule has 0 radical (unpaired) electrons. The maximum Gasteiger partial charge on any atom is 0.422 e. The second kappa shape index (κ2) is 9.63. The molecule has 1 saturated heterocycles. The lowest BCUT2D eigenvalue weighted by atomic mass is 9.91. The van der Waals surface area contributed by atoms with Crippen LogP contribution in [0.3, 0.4) is 0 Å².